The number of benzene rings is 2. The lowest BCUT2D eigenvalue weighted by molar-refractivity contribution is -0.384. The molecule has 2 aromatic rings. The fraction of sp³-hybridized carbons (Fsp3) is 0.133. The molecule has 10 heteroatoms. The third-order valence-corrected chi connectivity index (χ3v) is 5.25. The van der Waals surface area contributed by atoms with E-state index in [1.54, 1.807) is 30.3 Å². The van der Waals surface area contributed by atoms with Crippen molar-refractivity contribution in [2.45, 2.75) is 17.4 Å². The molecule has 0 aliphatic heterocycles. The number of nitro benzene ring substituents is 1. The predicted molar refractivity (Wildman–Crippen MR) is 90.0 cm³/mol. The summed E-state index contributed by atoms with van der Waals surface area (Å²) in [5.74, 6) is -1.36. The lowest BCUT2D eigenvalue weighted by Gasteiger charge is -2.15. The summed E-state index contributed by atoms with van der Waals surface area (Å²) >= 11 is 5.81. The average molecular weight is 385 g/mol. The van der Waals surface area contributed by atoms with Crippen LogP contribution in [0.15, 0.2) is 53.4 Å². The second-order valence-corrected chi connectivity index (χ2v) is 7.16. The largest absolute Gasteiger partial charge is 0.480 e. The van der Waals surface area contributed by atoms with E-state index in [2.05, 4.69) is 4.72 Å². The molecule has 0 saturated heterocycles. The molecule has 0 bridgehead atoms. The molecule has 0 saturated carbocycles. The minimum atomic E-state index is -4.28. The molecule has 8 nitrogen and oxygen atoms in total. The van der Waals surface area contributed by atoms with Gasteiger partial charge in [-0.1, -0.05) is 41.9 Å². The van der Waals surface area contributed by atoms with Gasteiger partial charge in [-0.3, -0.25) is 14.9 Å². The van der Waals surface area contributed by atoms with Crippen LogP contribution < -0.4 is 4.72 Å². The molecule has 2 aromatic carbocycles. The van der Waals surface area contributed by atoms with Crippen molar-refractivity contribution >= 4 is 33.3 Å². The zero-order valence-corrected chi connectivity index (χ0v) is 14.2. The van der Waals surface area contributed by atoms with Crippen molar-refractivity contribution in [2.75, 3.05) is 0 Å². The average Bonchev–Trinajstić information content (AvgIpc) is 2.54. The van der Waals surface area contributed by atoms with Crippen LogP contribution in [0.25, 0.3) is 0 Å². The van der Waals surface area contributed by atoms with E-state index in [0.29, 0.717) is 5.56 Å². The fourth-order valence-electron chi connectivity index (χ4n) is 2.10. The first-order chi connectivity index (χ1) is 11.7. The van der Waals surface area contributed by atoms with Crippen molar-refractivity contribution in [1.82, 2.24) is 4.72 Å². The van der Waals surface area contributed by atoms with E-state index >= 15 is 0 Å². The lowest BCUT2D eigenvalue weighted by Crippen LogP contribution is -2.42. The molecule has 0 spiro atoms. The third-order valence-electron chi connectivity index (χ3n) is 3.29. The van der Waals surface area contributed by atoms with E-state index in [4.69, 9.17) is 11.6 Å². The van der Waals surface area contributed by atoms with Gasteiger partial charge in [-0.2, -0.15) is 4.72 Å². The second kappa shape index (κ2) is 7.60. The van der Waals surface area contributed by atoms with Crippen molar-refractivity contribution in [3.05, 3.63) is 69.2 Å². The van der Waals surface area contributed by atoms with Crippen LogP contribution >= 0.6 is 11.6 Å². The number of carbonyl (C=O) groups is 1. The Morgan fingerprint density at radius 1 is 1.24 bits per heavy atom. The zero-order chi connectivity index (χ0) is 18.6. The number of hydrogen-bond donors (Lipinski definition) is 2. The maximum Gasteiger partial charge on any atom is 0.322 e. The predicted octanol–water partition coefficient (Wildman–Crippen LogP) is 2.22. The summed E-state index contributed by atoms with van der Waals surface area (Å²) in [6.07, 6.45) is -0.0694. The molecule has 0 aromatic heterocycles. The van der Waals surface area contributed by atoms with Crippen LogP contribution in [0.4, 0.5) is 5.69 Å². The Morgan fingerprint density at radius 2 is 1.88 bits per heavy atom. The third kappa shape index (κ3) is 4.75. The van der Waals surface area contributed by atoms with Crippen LogP contribution in [0, 0.1) is 10.1 Å². The molecule has 0 amide bonds. The smallest absolute Gasteiger partial charge is 0.322 e. The normalized spacial score (nSPS) is 12.5. The highest BCUT2D eigenvalue weighted by molar-refractivity contribution is 7.89. The highest BCUT2D eigenvalue weighted by atomic mass is 35.5. The summed E-state index contributed by atoms with van der Waals surface area (Å²) in [5.41, 5.74) is 0.260. The van der Waals surface area contributed by atoms with Crippen LogP contribution in [-0.4, -0.2) is 30.5 Å². The van der Waals surface area contributed by atoms with Gasteiger partial charge in [-0.15, -0.1) is 0 Å². The van der Waals surface area contributed by atoms with Gasteiger partial charge in [0.1, 0.15) is 10.9 Å². The Labute approximate surface area is 148 Å². The van der Waals surface area contributed by atoms with Crippen molar-refractivity contribution in [3.63, 3.8) is 0 Å². The van der Waals surface area contributed by atoms with E-state index < -0.39 is 31.9 Å². The summed E-state index contributed by atoms with van der Waals surface area (Å²) in [6.45, 7) is 0. The first kappa shape index (κ1) is 18.8. The molecule has 0 unspecified atom stereocenters. The van der Waals surface area contributed by atoms with Crippen LogP contribution in [0.3, 0.4) is 0 Å². The van der Waals surface area contributed by atoms with E-state index in [0.717, 1.165) is 18.2 Å². The Kier molecular flexibility index (Phi) is 5.73. The number of sulfonamides is 1. The molecule has 0 aliphatic carbocycles. The number of nitrogens with one attached hydrogen (secondary N) is 1. The number of non-ortho nitro benzene ring substituents is 1. The van der Waals surface area contributed by atoms with Crippen LogP contribution in [-0.2, 0) is 21.2 Å². The van der Waals surface area contributed by atoms with Crippen LogP contribution in [0.1, 0.15) is 5.56 Å². The minimum Gasteiger partial charge on any atom is -0.480 e. The van der Waals surface area contributed by atoms with Crippen molar-refractivity contribution < 1.29 is 23.2 Å². The highest BCUT2D eigenvalue weighted by Crippen LogP contribution is 2.26. The molecule has 132 valence electrons. The molecule has 0 aliphatic rings. The zero-order valence-electron chi connectivity index (χ0n) is 12.6. The van der Waals surface area contributed by atoms with E-state index in [1.165, 1.54) is 0 Å². The molecule has 25 heavy (non-hydrogen) atoms. The number of nitrogens with zero attached hydrogens (tertiary/aromatic N) is 1. The summed E-state index contributed by atoms with van der Waals surface area (Å²) in [5, 5.41) is 19.6. The maximum atomic E-state index is 12.4. The Hall–Kier alpha value is -2.49. The molecule has 0 radical (unpaired) electrons. The van der Waals surface area contributed by atoms with E-state index in [1.807, 2.05) is 0 Å². The second-order valence-electron chi connectivity index (χ2n) is 5.07. The number of carboxylic acid groups (broad SMARTS) is 1. The van der Waals surface area contributed by atoms with Gasteiger partial charge in [0, 0.05) is 12.1 Å². The standard InChI is InChI=1S/C15H13ClN2O6S/c16-12-9-11(18(21)22)6-7-14(12)25(23,24)17-13(15(19)20)8-10-4-2-1-3-5-10/h1-7,9,13,17H,8H2,(H,19,20)/t13-/m0/s1. The topological polar surface area (TPSA) is 127 Å². The molecule has 0 fully saturated rings. The SMILES string of the molecule is O=C(O)[C@H](Cc1ccccc1)NS(=O)(=O)c1ccc([N+](=O)[O-])cc1Cl. The van der Waals surface area contributed by atoms with Crippen molar-refractivity contribution in [3.8, 4) is 0 Å². The van der Waals surface area contributed by atoms with Gasteiger partial charge < -0.3 is 5.11 Å². The first-order valence-electron chi connectivity index (χ1n) is 6.93. The van der Waals surface area contributed by atoms with Gasteiger partial charge in [0.15, 0.2) is 0 Å². The molecule has 0 heterocycles. The summed E-state index contributed by atoms with van der Waals surface area (Å²) in [4.78, 5) is 20.9. The Balaban J connectivity index is 2.28. The molecule has 2 rings (SSSR count). The summed E-state index contributed by atoms with van der Waals surface area (Å²) < 4.78 is 26.9. The van der Waals surface area contributed by atoms with Crippen LogP contribution in [0.5, 0.6) is 0 Å². The summed E-state index contributed by atoms with van der Waals surface area (Å²) in [6, 6.07) is 9.91. The molecular weight excluding hydrogens is 372 g/mol. The van der Waals surface area contributed by atoms with Gasteiger partial charge in [-0.25, -0.2) is 8.42 Å². The lowest BCUT2D eigenvalue weighted by atomic mass is 10.1. The maximum absolute atomic E-state index is 12.4. The van der Waals surface area contributed by atoms with Crippen molar-refractivity contribution in [2.24, 2.45) is 0 Å². The number of hydrogen-bond acceptors (Lipinski definition) is 5. The van der Waals surface area contributed by atoms with Gasteiger partial charge in [0.05, 0.1) is 9.95 Å². The number of nitro groups is 1. The minimum absolute atomic E-state index is 0.0694. The molecular formula is C15H13ClN2O6S. The van der Waals surface area contributed by atoms with E-state index in [9.17, 15) is 28.4 Å². The van der Waals surface area contributed by atoms with Crippen LogP contribution in [0.2, 0.25) is 5.02 Å². The van der Waals surface area contributed by atoms with E-state index in [-0.39, 0.29) is 17.1 Å². The highest BCUT2D eigenvalue weighted by Gasteiger charge is 2.28. The molecule has 2 N–H and O–H groups in total. The first-order valence-corrected chi connectivity index (χ1v) is 8.80. The van der Waals surface area contributed by atoms with Gasteiger partial charge in [0.25, 0.3) is 5.69 Å². The molecule has 1 atom stereocenters. The monoisotopic (exact) mass is 384 g/mol. The van der Waals surface area contributed by atoms with Crippen molar-refractivity contribution in [1.29, 1.82) is 0 Å². The van der Waals surface area contributed by atoms with Gasteiger partial charge >= 0.3 is 5.97 Å². The number of carboxylic acids is 1. The quantitative estimate of drug-likeness (QED) is 0.556. The number of halogens is 1. The van der Waals surface area contributed by atoms with Gasteiger partial charge in [-0.05, 0) is 18.1 Å². The van der Waals surface area contributed by atoms with Gasteiger partial charge in [0.2, 0.25) is 10.0 Å². The summed E-state index contributed by atoms with van der Waals surface area (Å²) in [7, 11) is -4.28. The Morgan fingerprint density at radius 3 is 2.40 bits per heavy atom. The Bertz CT molecular complexity index is 901. The fourth-order valence-corrected chi connectivity index (χ4v) is 3.83. The number of rotatable bonds is 7. The number of aliphatic carboxylic acids is 1.